The molecule has 24 heavy (non-hydrogen) atoms. The van der Waals surface area contributed by atoms with Crippen molar-refractivity contribution in [3.05, 3.63) is 108 Å². The summed E-state index contributed by atoms with van der Waals surface area (Å²) in [5.41, 5.74) is 2.97. The fourth-order valence-electron chi connectivity index (χ4n) is 2.54. The van der Waals surface area contributed by atoms with Gasteiger partial charge in [-0.05, 0) is 5.56 Å². The van der Waals surface area contributed by atoms with Crippen molar-refractivity contribution < 1.29 is 9.90 Å². The van der Waals surface area contributed by atoms with Gasteiger partial charge in [0.25, 0.3) is 0 Å². The molecule has 1 atom stereocenters. The van der Waals surface area contributed by atoms with Gasteiger partial charge in [-0.2, -0.15) is 0 Å². The van der Waals surface area contributed by atoms with Gasteiger partial charge in [-0.1, -0.05) is 91.0 Å². The van der Waals surface area contributed by atoms with E-state index in [1.165, 1.54) is 0 Å². The molecule has 0 amide bonds. The number of hydrogen-bond acceptors (Lipinski definition) is 3. The van der Waals surface area contributed by atoms with Crippen LogP contribution < -0.4 is 5.11 Å². The lowest BCUT2D eigenvalue weighted by Crippen LogP contribution is -2.29. The second kappa shape index (κ2) is 7.38. The van der Waals surface area contributed by atoms with Crippen molar-refractivity contribution in [1.29, 1.82) is 0 Å². The van der Waals surface area contributed by atoms with Crippen molar-refractivity contribution >= 4 is 11.7 Å². The predicted octanol–water partition coefficient (Wildman–Crippen LogP) is 3.02. The molecule has 1 unspecified atom stereocenters. The van der Waals surface area contributed by atoms with Crippen LogP contribution in [0.15, 0.2) is 96.0 Å². The van der Waals surface area contributed by atoms with Crippen LogP contribution in [0.5, 0.6) is 0 Å². The molecule has 0 spiro atoms. The Morgan fingerprint density at radius 2 is 1.12 bits per heavy atom. The van der Waals surface area contributed by atoms with Gasteiger partial charge in [0.1, 0.15) is 6.04 Å². The Hall–Kier alpha value is -3.20. The summed E-state index contributed by atoms with van der Waals surface area (Å²) in [7, 11) is 0. The van der Waals surface area contributed by atoms with E-state index in [-0.39, 0.29) is 0 Å². The van der Waals surface area contributed by atoms with E-state index in [0.717, 1.165) is 11.1 Å². The second-order valence-electron chi connectivity index (χ2n) is 5.34. The summed E-state index contributed by atoms with van der Waals surface area (Å²) in [5, 5.41) is 11.7. The Morgan fingerprint density at radius 1 is 0.708 bits per heavy atom. The molecule has 0 saturated carbocycles. The zero-order valence-corrected chi connectivity index (χ0v) is 13.0. The first-order valence-electron chi connectivity index (χ1n) is 7.70. The molecule has 0 aliphatic heterocycles. The molecule has 0 bridgehead atoms. The van der Waals surface area contributed by atoms with Crippen LogP contribution in [0, 0.1) is 0 Å². The maximum Gasteiger partial charge on any atom is 0.115 e. The standard InChI is InChI=1S/C21H17NO2/c23-21(24)20(18-14-8-3-9-15-18)22-19(16-10-4-1-5-11-16)17-12-6-2-7-13-17/h1-15,20H,(H,23,24)/p-1. The highest BCUT2D eigenvalue weighted by Crippen LogP contribution is 2.20. The number of nitrogens with zero attached hydrogens (tertiary/aromatic N) is 1. The first kappa shape index (κ1) is 15.7. The molecular formula is C21H16NO2-. The largest absolute Gasteiger partial charge is 0.547 e. The quantitative estimate of drug-likeness (QED) is 0.680. The summed E-state index contributed by atoms with van der Waals surface area (Å²) in [6.45, 7) is 0. The highest BCUT2D eigenvalue weighted by atomic mass is 16.4. The fourth-order valence-corrected chi connectivity index (χ4v) is 2.54. The first-order chi connectivity index (χ1) is 11.8. The normalized spacial score (nSPS) is 11.5. The lowest BCUT2D eigenvalue weighted by atomic mass is 10.0. The van der Waals surface area contributed by atoms with Crippen LogP contribution in [0.1, 0.15) is 22.7 Å². The third kappa shape index (κ3) is 3.58. The van der Waals surface area contributed by atoms with Crippen molar-refractivity contribution in [3.63, 3.8) is 0 Å². The van der Waals surface area contributed by atoms with E-state index in [9.17, 15) is 9.90 Å². The Bertz CT molecular complexity index is 786. The van der Waals surface area contributed by atoms with Crippen LogP contribution in [0.25, 0.3) is 0 Å². The molecule has 0 aliphatic rings. The van der Waals surface area contributed by atoms with Crippen molar-refractivity contribution in [2.24, 2.45) is 4.99 Å². The zero-order chi connectivity index (χ0) is 16.8. The SMILES string of the molecule is O=C([O-])C(N=C(c1ccccc1)c1ccccc1)c1ccccc1. The fraction of sp³-hybridized carbons (Fsp3) is 0.0476. The number of rotatable bonds is 5. The van der Waals surface area contributed by atoms with Gasteiger partial charge in [0.2, 0.25) is 0 Å². The summed E-state index contributed by atoms with van der Waals surface area (Å²) in [4.78, 5) is 16.2. The van der Waals surface area contributed by atoms with E-state index in [1.807, 2.05) is 66.7 Å². The molecular weight excluding hydrogens is 298 g/mol. The van der Waals surface area contributed by atoms with Crippen molar-refractivity contribution in [2.45, 2.75) is 6.04 Å². The number of carbonyl (C=O) groups excluding carboxylic acids is 1. The molecule has 3 nitrogen and oxygen atoms in total. The van der Waals surface area contributed by atoms with E-state index < -0.39 is 12.0 Å². The van der Waals surface area contributed by atoms with E-state index in [1.54, 1.807) is 24.3 Å². The maximum atomic E-state index is 11.7. The van der Waals surface area contributed by atoms with Crippen LogP contribution in [-0.2, 0) is 4.79 Å². The Balaban J connectivity index is 2.13. The number of aliphatic carboxylic acids is 1. The topological polar surface area (TPSA) is 52.5 Å². The highest BCUT2D eigenvalue weighted by Gasteiger charge is 2.14. The van der Waals surface area contributed by atoms with Gasteiger partial charge in [0.15, 0.2) is 0 Å². The summed E-state index contributed by atoms with van der Waals surface area (Å²) >= 11 is 0. The van der Waals surface area contributed by atoms with Crippen LogP contribution in [0.3, 0.4) is 0 Å². The van der Waals surface area contributed by atoms with E-state index in [2.05, 4.69) is 4.99 Å². The van der Waals surface area contributed by atoms with Crippen LogP contribution in [0.4, 0.5) is 0 Å². The molecule has 3 heteroatoms. The molecule has 118 valence electrons. The molecule has 3 aromatic rings. The average molecular weight is 314 g/mol. The summed E-state index contributed by atoms with van der Waals surface area (Å²) in [5.74, 6) is -1.22. The number of carboxylic acids is 1. The molecule has 0 aliphatic carbocycles. The molecule has 0 radical (unpaired) electrons. The summed E-state index contributed by atoms with van der Waals surface area (Å²) < 4.78 is 0. The molecule has 0 fully saturated rings. The van der Waals surface area contributed by atoms with Gasteiger partial charge in [0.05, 0.1) is 11.7 Å². The molecule has 3 rings (SSSR count). The lowest BCUT2D eigenvalue weighted by molar-refractivity contribution is -0.307. The maximum absolute atomic E-state index is 11.7. The lowest BCUT2D eigenvalue weighted by Gasteiger charge is -2.17. The smallest absolute Gasteiger partial charge is 0.115 e. The van der Waals surface area contributed by atoms with Crippen molar-refractivity contribution in [3.8, 4) is 0 Å². The van der Waals surface area contributed by atoms with E-state index >= 15 is 0 Å². The number of carbonyl (C=O) groups is 1. The van der Waals surface area contributed by atoms with Gasteiger partial charge >= 0.3 is 0 Å². The molecule has 0 N–H and O–H groups in total. The van der Waals surface area contributed by atoms with Crippen molar-refractivity contribution in [2.75, 3.05) is 0 Å². The Morgan fingerprint density at radius 3 is 1.54 bits per heavy atom. The Labute approximate surface area is 140 Å². The third-order valence-electron chi connectivity index (χ3n) is 3.69. The Kier molecular flexibility index (Phi) is 4.82. The van der Waals surface area contributed by atoms with Gasteiger partial charge in [-0.15, -0.1) is 0 Å². The predicted molar refractivity (Wildman–Crippen MR) is 92.7 cm³/mol. The highest BCUT2D eigenvalue weighted by molar-refractivity contribution is 6.13. The van der Waals surface area contributed by atoms with E-state index in [0.29, 0.717) is 11.3 Å². The number of aliphatic imine (C=N–C) groups is 1. The number of carboxylic acid groups (broad SMARTS) is 1. The van der Waals surface area contributed by atoms with Crippen LogP contribution >= 0.6 is 0 Å². The van der Waals surface area contributed by atoms with E-state index in [4.69, 9.17) is 0 Å². The second-order valence-corrected chi connectivity index (χ2v) is 5.34. The molecule has 0 heterocycles. The summed E-state index contributed by atoms with van der Waals surface area (Å²) in [6.07, 6.45) is 0. The molecule has 0 saturated heterocycles. The monoisotopic (exact) mass is 314 g/mol. The third-order valence-corrected chi connectivity index (χ3v) is 3.69. The minimum absolute atomic E-state index is 0.599. The van der Waals surface area contributed by atoms with Crippen molar-refractivity contribution in [1.82, 2.24) is 0 Å². The van der Waals surface area contributed by atoms with Crippen LogP contribution in [-0.4, -0.2) is 11.7 Å². The van der Waals surface area contributed by atoms with Crippen LogP contribution in [0.2, 0.25) is 0 Å². The van der Waals surface area contributed by atoms with Gasteiger partial charge in [0, 0.05) is 11.1 Å². The number of hydrogen-bond donors (Lipinski definition) is 0. The zero-order valence-electron chi connectivity index (χ0n) is 13.0. The molecule has 0 aromatic heterocycles. The number of benzene rings is 3. The average Bonchev–Trinajstić information content (AvgIpc) is 2.64. The van der Waals surface area contributed by atoms with Gasteiger partial charge < -0.3 is 9.90 Å². The van der Waals surface area contributed by atoms with Gasteiger partial charge in [-0.3, -0.25) is 4.99 Å². The first-order valence-corrected chi connectivity index (χ1v) is 7.70. The molecule has 3 aromatic carbocycles. The summed E-state index contributed by atoms with van der Waals surface area (Å²) in [6, 6.07) is 27.0. The minimum atomic E-state index is -1.22. The minimum Gasteiger partial charge on any atom is -0.547 e. The van der Waals surface area contributed by atoms with Gasteiger partial charge in [-0.25, -0.2) is 0 Å².